The van der Waals surface area contributed by atoms with Gasteiger partial charge in [0.15, 0.2) is 0 Å². The van der Waals surface area contributed by atoms with E-state index in [9.17, 15) is 0 Å². The van der Waals surface area contributed by atoms with Gasteiger partial charge in [-0.05, 0) is 73.0 Å². The van der Waals surface area contributed by atoms with Crippen molar-refractivity contribution in [2.24, 2.45) is 0 Å². The van der Waals surface area contributed by atoms with Gasteiger partial charge >= 0.3 is 0 Å². The molecule has 2 atom stereocenters. The molecule has 2 aliphatic heterocycles. The van der Waals surface area contributed by atoms with Crippen LogP contribution in [-0.4, -0.2) is 60.1 Å². The first kappa shape index (κ1) is 17.2. The molecule has 2 saturated heterocycles. The normalized spacial score (nSPS) is 28.6. The monoisotopic (exact) mass is 295 g/mol. The molecule has 1 N–H and O–H groups in total. The molecule has 3 nitrogen and oxygen atoms in total. The molecule has 3 heteroatoms. The van der Waals surface area contributed by atoms with Crippen molar-refractivity contribution in [2.45, 2.75) is 83.8 Å². The molecule has 0 aromatic rings. The molecule has 0 amide bonds. The van der Waals surface area contributed by atoms with E-state index < -0.39 is 0 Å². The van der Waals surface area contributed by atoms with Crippen LogP contribution in [0.25, 0.3) is 0 Å². The van der Waals surface area contributed by atoms with Crippen molar-refractivity contribution >= 4 is 0 Å². The molecule has 2 unspecified atom stereocenters. The maximum absolute atomic E-state index is 3.59. The minimum atomic E-state index is 0.270. The third kappa shape index (κ3) is 5.88. The fourth-order valence-corrected chi connectivity index (χ4v) is 3.80. The Morgan fingerprint density at radius 1 is 1.05 bits per heavy atom. The summed E-state index contributed by atoms with van der Waals surface area (Å²) in [7, 11) is 0. The first-order valence-electron chi connectivity index (χ1n) is 9.19. The Hall–Kier alpha value is -0.120. The SMILES string of the molecule is CC1CN2CCCCC2CN1CCCCCNC(C)(C)C. The van der Waals surface area contributed by atoms with Crippen LogP contribution < -0.4 is 5.32 Å². The van der Waals surface area contributed by atoms with E-state index in [0.717, 1.165) is 18.6 Å². The van der Waals surface area contributed by atoms with Crippen molar-refractivity contribution in [3.8, 4) is 0 Å². The van der Waals surface area contributed by atoms with Gasteiger partial charge in [0.25, 0.3) is 0 Å². The average molecular weight is 296 g/mol. The molecule has 0 aromatic carbocycles. The predicted octanol–water partition coefficient (Wildman–Crippen LogP) is 3.10. The van der Waals surface area contributed by atoms with Crippen molar-refractivity contribution < 1.29 is 0 Å². The Labute approximate surface area is 132 Å². The lowest BCUT2D eigenvalue weighted by molar-refractivity contribution is 0.0146. The molecule has 2 heterocycles. The van der Waals surface area contributed by atoms with Crippen molar-refractivity contribution in [3.63, 3.8) is 0 Å². The van der Waals surface area contributed by atoms with E-state index in [-0.39, 0.29) is 5.54 Å². The summed E-state index contributed by atoms with van der Waals surface area (Å²) in [6, 6.07) is 1.62. The third-order valence-corrected chi connectivity index (χ3v) is 5.09. The van der Waals surface area contributed by atoms with Gasteiger partial charge in [-0.2, -0.15) is 0 Å². The standard InChI is InChI=1S/C18H37N3/c1-16-14-21-13-9-6-10-17(21)15-20(16)12-8-5-7-11-19-18(2,3)4/h16-17,19H,5-15H2,1-4H3. The number of unbranched alkanes of at least 4 members (excludes halogenated alkanes) is 2. The van der Waals surface area contributed by atoms with E-state index in [1.807, 2.05) is 0 Å². The van der Waals surface area contributed by atoms with Crippen LogP contribution >= 0.6 is 0 Å². The van der Waals surface area contributed by atoms with Crippen molar-refractivity contribution in [2.75, 3.05) is 32.7 Å². The lowest BCUT2D eigenvalue weighted by Gasteiger charge is -2.47. The van der Waals surface area contributed by atoms with Gasteiger partial charge in [-0.15, -0.1) is 0 Å². The maximum Gasteiger partial charge on any atom is 0.0223 e. The number of piperazine rings is 1. The Balaban J connectivity index is 1.59. The number of hydrogen-bond donors (Lipinski definition) is 1. The summed E-state index contributed by atoms with van der Waals surface area (Å²) in [5, 5.41) is 3.59. The zero-order valence-corrected chi connectivity index (χ0v) is 14.8. The van der Waals surface area contributed by atoms with Crippen LogP contribution in [0.4, 0.5) is 0 Å². The minimum Gasteiger partial charge on any atom is -0.312 e. The maximum atomic E-state index is 3.59. The molecular weight excluding hydrogens is 258 g/mol. The number of nitrogens with zero attached hydrogens (tertiary/aromatic N) is 2. The molecular formula is C18H37N3. The van der Waals surface area contributed by atoms with Crippen LogP contribution in [0.5, 0.6) is 0 Å². The first-order chi connectivity index (χ1) is 9.96. The number of hydrogen-bond acceptors (Lipinski definition) is 3. The summed E-state index contributed by atoms with van der Waals surface area (Å²) in [6.45, 7) is 15.6. The van der Waals surface area contributed by atoms with Gasteiger partial charge in [0.1, 0.15) is 0 Å². The molecule has 0 aliphatic carbocycles. The molecule has 2 aliphatic rings. The first-order valence-corrected chi connectivity index (χ1v) is 9.19. The van der Waals surface area contributed by atoms with Gasteiger partial charge in [0.05, 0.1) is 0 Å². The zero-order valence-electron chi connectivity index (χ0n) is 14.8. The summed E-state index contributed by atoms with van der Waals surface area (Å²) >= 11 is 0. The minimum absolute atomic E-state index is 0.270. The molecule has 0 radical (unpaired) electrons. The van der Waals surface area contributed by atoms with Crippen LogP contribution in [0.1, 0.15) is 66.2 Å². The second-order valence-corrected chi connectivity index (χ2v) is 8.23. The van der Waals surface area contributed by atoms with Gasteiger partial charge in [-0.25, -0.2) is 0 Å². The molecule has 0 bridgehead atoms. The Bertz CT molecular complexity index is 297. The molecule has 2 fully saturated rings. The fraction of sp³-hybridized carbons (Fsp3) is 1.00. The largest absolute Gasteiger partial charge is 0.312 e. The Morgan fingerprint density at radius 3 is 2.62 bits per heavy atom. The van der Waals surface area contributed by atoms with Gasteiger partial charge in [-0.3, -0.25) is 9.80 Å². The summed E-state index contributed by atoms with van der Waals surface area (Å²) in [4.78, 5) is 5.50. The Kier molecular flexibility index (Phi) is 6.51. The molecule has 0 saturated carbocycles. The molecule has 21 heavy (non-hydrogen) atoms. The summed E-state index contributed by atoms with van der Waals surface area (Å²) in [6.07, 6.45) is 8.34. The highest BCUT2D eigenvalue weighted by Gasteiger charge is 2.32. The number of piperidine rings is 1. The summed E-state index contributed by atoms with van der Waals surface area (Å²) in [5.74, 6) is 0. The van der Waals surface area contributed by atoms with Gasteiger partial charge < -0.3 is 5.32 Å². The van der Waals surface area contributed by atoms with Gasteiger partial charge in [-0.1, -0.05) is 12.8 Å². The van der Waals surface area contributed by atoms with Crippen LogP contribution in [0.2, 0.25) is 0 Å². The number of rotatable bonds is 6. The average Bonchev–Trinajstić information content (AvgIpc) is 2.41. The highest BCUT2D eigenvalue weighted by atomic mass is 15.3. The van der Waals surface area contributed by atoms with Gasteiger partial charge in [0.2, 0.25) is 0 Å². The van der Waals surface area contributed by atoms with Crippen LogP contribution in [-0.2, 0) is 0 Å². The highest BCUT2D eigenvalue weighted by Crippen LogP contribution is 2.24. The van der Waals surface area contributed by atoms with E-state index in [0.29, 0.717) is 0 Å². The quantitative estimate of drug-likeness (QED) is 0.760. The zero-order chi connectivity index (χ0) is 15.3. The topological polar surface area (TPSA) is 18.5 Å². The van der Waals surface area contributed by atoms with E-state index in [1.54, 1.807) is 0 Å². The predicted molar refractivity (Wildman–Crippen MR) is 91.9 cm³/mol. The molecule has 124 valence electrons. The van der Waals surface area contributed by atoms with E-state index in [1.165, 1.54) is 64.7 Å². The van der Waals surface area contributed by atoms with Crippen LogP contribution in [0.3, 0.4) is 0 Å². The lowest BCUT2D eigenvalue weighted by Crippen LogP contribution is -2.58. The van der Waals surface area contributed by atoms with Crippen molar-refractivity contribution in [3.05, 3.63) is 0 Å². The summed E-state index contributed by atoms with van der Waals surface area (Å²) in [5.41, 5.74) is 0.270. The van der Waals surface area contributed by atoms with Crippen molar-refractivity contribution in [1.29, 1.82) is 0 Å². The van der Waals surface area contributed by atoms with E-state index >= 15 is 0 Å². The van der Waals surface area contributed by atoms with Crippen molar-refractivity contribution in [1.82, 2.24) is 15.1 Å². The Morgan fingerprint density at radius 2 is 1.86 bits per heavy atom. The molecule has 0 spiro atoms. The summed E-state index contributed by atoms with van der Waals surface area (Å²) < 4.78 is 0. The lowest BCUT2D eigenvalue weighted by atomic mass is 9.97. The van der Waals surface area contributed by atoms with E-state index in [4.69, 9.17) is 0 Å². The van der Waals surface area contributed by atoms with Crippen LogP contribution in [0, 0.1) is 0 Å². The highest BCUT2D eigenvalue weighted by molar-refractivity contribution is 4.88. The van der Waals surface area contributed by atoms with Crippen LogP contribution in [0.15, 0.2) is 0 Å². The fourth-order valence-electron chi connectivity index (χ4n) is 3.80. The molecule has 2 rings (SSSR count). The second kappa shape index (κ2) is 7.94. The molecule has 0 aromatic heterocycles. The number of nitrogens with one attached hydrogen (secondary N) is 1. The second-order valence-electron chi connectivity index (χ2n) is 8.23. The van der Waals surface area contributed by atoms with Gasteiger partial charge in [0, 0.05) is 30.7 Å². The van der Waals surface area contributed by atoms with E-state index in [2.05, 4.69) is 42.8 Å². The third-order valence-electron chi connectivity index (χ3n) is 5.09. The number of fused-ring (bicyclic) bond motifs is 1. The smallest absolute Gasteiger partial charge is 0.0223 e.